The topological polar surface area (TPSA) is 84.2 Å². The molecule has 0 spiro atoms. The highest BCUT2D eigenvalue weighted by molar-refractivity contribution is 9.10. The molecule has 2 atom stereocenters. The van der Waals surface area contributed by atoms with Crippen LogP contribution < -0.4 is 16.4 Å². The van der Waals surface area contributed by atoms with Gasteiger partial charge in [0.1, 0.15) is 0 Å². The van der Waals surface area contributed by atoms with Crippen LogP contribution in [0.2, 0.25) is 0 Å². The Morgan fingerprint density at radius 1 is 1.18 bits per heavy atom. The summed E-state index contributed by atoms with van der Waals surface area (Å²) in [6.45, 7) is 14.0. The average molecular weight is 515 g/mol. The van der Waals surface area contributed by atoms with Crippen LogP contribution in [0.15, 0.2) is 59.6 Å². The summed E-state index contributed by atoms with van der Waals surface area (Å²) in [5, 5.41) is 6.28. The van der Waals surface area contributed by atoms with E-state index in [1.807, 2.05) is 64.1 Å². The molecule has 33 heavy (non-hydrogen) atoms. The van der Waals surface area contributed by atoms with Crippen molar-refractivity contribution in [1.29, 1.82) is 0 Å². The number of hydrogen-bond donors (Lipinski definition) is 3. The molecule has 1 aliphatic heterocycles. The van der Waals surface area contributed by atoms with Crippen molar-refractivity contribution in [1.82, 2.24) is 0 Å². The van der Waals surface area contributed by atoms with Crippen molar-refractivity contribution in [2.75, 3.05) is 24.2 Å². The Labute approximate surface area is 206 Å². The lowest BCUT2D eigenvalue weighted by molar-refractivity contribution is -0.119. The molecule has 0 bridgehead atoms. The molecule has 2 aromatic carbocycles. The first-order valence-electron chi connectivity index (χ1n) is 11.2. The molecular weight excluding hydrogens is 478 g/mol. The van der Waals surface area contributed by atoms with Crippen LogP contribution in [0.3, 0.4) is 0 Å². The van der Waals surface area contributed by atoms with E-state index in [1.54, 1.807) is 12.1 Å². The Morgan fingerprint density at radius 3 is 2.42 bits per heavy atom. The summed E-state index contributed by atoms with van der Waals surface area (Å²) >= 11 is 3.49. The van der Waals surface area contributed by atoms with Gasteiger partial charge in [-0.3, -0.25) is 9.59 Å². The van der Waals surface area contributed by atoms with Crippen LogP contribution in [0.4, 0.5) is 11.4 Å². The molecule has 0 radical (unpaired) electrons. The van der Waals surface area contributed by atoms with Crippen molar-refractivity contribution < 1.29 is 9.59 Å². The zero-order valence-electron chi connectivity index (χ0n) is 20.5. The van der Waals surface area contributed by atoms with Crippen LogP contribution in [-0.4, -0.2) is 25.3 Å². The maximum absolute atomic E-state index is 12.9. The summed E-state index contributed by atoms with van der Waals surface area (Å²) in [5.41, 5.74) is 9.39. The fourth-order valence-electron chi connectivity index (χ4n) is 3.56. The molecular formula is C27H36BrN3O2. The summed E-state index contributed by atoms with van der Waals surface area (Å²) in [6, 6.07) is 11.6. The number of rotatable bonds is 6. The summed E-state index contributed by atoms with van der Waals surface area (Å²) in [4.78, 5) is 25.2. The summed E-state index contributed by atoms with van der Waals surface area (Å²) in [5.74, 6) is -0.324. The fraction of sp³-hybridized carbons (Fsp3) is 0.333. The number of benzene rings is 2. The van der Waals surface area contributed by atoms with Crippen LogP contribution in [0.25, 0.3) is 5.57 Å². The molecule has 0 aliphatic carbocycles. The highest BCUT2D eigenvalue weighted by Crippen LogP contribution is 2.35. The van der Waals surface area contributed by atoms with Gasteiger partial charge in [0, 0.05) is 39.4 Å². The van der Waals surface area contributed by atoms with E-state index in [2.05, 4.69) is 38.9 Å². The molecule has 2 unspecified atom stereocenters. The van der Waals surface area contributed by atoms with Gasteiger partial charge < -0.3 is 16.4 Å². The fourth-order valence-corrected chi connectivity index (χ4v) is 3.98. The lowest BCUT2D eigenvalue weighted by Gasteiger charge is -2.23. The monoisotopic (exact) mass is 513 g/mol. The Balaban J connectivity index is 0.00000129. The van der Waals surface area contributed by atoms with Crippen molar-refractivity contribution in [2.45, 2.75) is 40.5 Å². The van der Waals surface area contributed by atoms with Gasteiger partial charge in [-0.05, 0) is 55.3 Å². The number of ketones is 1. The number of allylic oxidation sites excluding steroid dienone is 2. The Bertz CT molecular complexity index is 1010. The van der Waals surface area contributed by atoms with E-state index >= 15 is 0 Å². The van der Waals surface area contributed by atoms with Gasteiger partial charge in [-0.15, -0.1) is 0 Å². The van der Waals surface area contributed by atoms with Crippen LogP contribution in [0.5, 0.6) is 0 Å². The first kappa shape index (κ1) is 28.3. The summed E-state index contributed by atoms with van der Waals surface area (Å²) in [7, 11) is 1.50. The van der Waals surface area contributed by atoms with Gasteiger partial charge in [0.15, 0.2) is 5.78 Å². The Kier molecular flexibility index (Phi) is 11.8. The number of nitrogens with two attached hydrogens (primary N) is 1. The molecule has 0 saturated carbocycles. The van der Waals surface area contributed by atoms with Gasteiger partial charge in [-0.1, -0.05) is 74.5 Å². The van der Waals surface area contributed by atoms with E-state index in [9.17, 15) is 9.59 Å². The van der Waals surface area contributed by atoms with Crippen molar-refractivity contribution in [3.8, 4) is 0 Å². The van der Waals surface area contributed by atoms with E-state index < -0.39 is 0 Å². The molecule has 5 nitrogen and oxygen atoms in total. The molecule has 6 heteroatoms. The van der Waals surface area contributed by atoms with E-state index in [0.29, 0.717) is 17.8 Å². The van der Waals surface area contributed by atoms with E-state index in [-0.39, 0.29) is 23.5 Å². The first-order valence-corrected chi connectivity index (χ1v) is 12.0. The number of hydrogen-bond acceptors (Lipinski definition) is 4. The second-order valence-electron chi connectivity index (χ2n) is 7.37. The van der Waals surface area contributed by atoms with Crippen LogP contribution in [0.1, 0.15) is 62.0 Å². The minimum absolute atomic E-state index is 0.0471. The van der Waals surface area contributed by atoms with Gasteiger partial charge in [-0.25, -0.2) is 0 Å². The van der Waals surface area contributed by atoms with Crippen LogP contribution >= 0.6 is 15.9 Å². The summed E-state index contributed by atoms with van der Waals surface area (Å²) < 4.78 is 0.993. The van der Waals surface area contributed by atoms with Gasteiger partial charge in [0.2, 0.25) is 5.91 Å². The zero-order chi connectivity index (χ0) is 25.1. The molecule has 0 aromatic heterocycles. The normalized spacial score (nSPS) is 13.3. The third-order valence-corrected chi connectivity index (χ3v) is 5.94. The van der Waals surface area contributed by atoms with E-state index in [4.69, 9.17) is 0 Å². The molecule has 0 saturated heterocycles. The minimum Gasteiger partial charge on any atom is -0.381 e. The van der Waals surface area contributed by atoms with Gasteiger partial charge in [0.25, 0.3) is 0 Å². The van der Waals surface area contributed by atoms with Gasteiger partial charge in [-0.2, -0.15) is 0 Å². The lowest BCUT2D eigenvalue weighted by atomic mass is 9.88. The van der Waals surface area contributed by atoms with Crippen molar-refractivity contribution in [3.05, 3.63) is 76.3 Å². The smallest absolute Gasteiger partial charge is 0.227 e. The highest BCUT2D eigenvalue weighted by atomic mass is 79.9. The maximum Gasteiger partial charge on any atom is 0.227 e. The number of anilines is 2. The van der Waals surface area contributed by atoms with Crippen molar-refractivity contribution in [3.63, 3.8) is 0 Å². The second kappa shape index (κ2) is 13.8. The van der Waals surface area contributed by atoms with Gasteiger partial charge in [0.05, 0.1) is 0 Å². The lowest BCUT2D eigenvalue weighted by Crippen LogP contribution is -2.25. The largest absolute Gasteiger partial charge is 0.381 e. The average Bonchev–Trinajstić information content (AvgIpc) is 2.84. The molecule has 1 amide bonds. The quantitative estimate of drug-likeness (QED) is 0.378. The minimum atomic E-state index is -0.238. The molecule has 1 aliphatic rings. The van der Waals surface area contributed by atoms with Crippen molar-refractivity contribution in [2.24, 2.45) is 11.7 Å². The van der Waals surface area contributed by atoms with Crippen LogP contribution in [-0.2, 0) is 4.79 Å². The number of carbonyl (C=O) groups excluding carboxylic acids is 2. The predicted octanol–water partition coefficient (Wildman–Crippen LogP) is 6.63. The standard InChI is InChI=1S/C24H25BrN2O2.C2H6.CH5N/c1-5-17-9-10-26-22-13-20(12-21(16(4)28)23(17)22)27-24(29)15(3)14(2)18-7-6-8-19(25)11-18;2*1-2/h5-9,11-15,26H,1,10H2,2-4H3,(H,27,29);1-2H3;2H2,1H3. The Morgan fingerprint density at radius 2 is 1.85 bits per heavy atom. The van der Waals surface area contributed by atoms with E-state index in [1.165, 1.54) is 14.0 Å². The molecule has 1 heterocycles. The first-order chi connectivity index (χ1) is 15.8. The third-order valence-electron chi connectivity index (χ3n) is 5.45. The van der Waals surface area contributed by atoms with Crippen LogP contribution in [0, 0.1) is 5.92 Å². The molecule has 0 fully saturated rings. The van der Waals surface area contributed by atoms with Gasteiger partial charge >= 0.3 is 0 Å². The molecule has 3 rings (SSSR count). The molecule has 2 aromatic rings. The molecule has 4 N–H and O–H groups in total. The summed E-state index contributed by atoms with van der Waals surface area (Å²) in [6.07, 6.45) is 3.76. The van der Waals surface area contributed by atoms with Crippen molar-refractivity contribution >= 4 is 44.6 Å². The molecule has 178 valence electrons. The highest BCUT2D eigenvalue weighted by Gasteiger charge is 2.24. The van der Waals surface area contributed by atoms with E-state index in [0.717, 1.165) is 26.9 Å². The third kappa shape index (κ3) is 7.14. The number of amides is 1. The SMILES string of the molecule is C=CC1=CCNc2cc(NC(=O)C(C)C(C)c3cccc(Br)c3)cc(C(C)=O)c21.CC.CN. The second-order valence-corrected chi connectivity index (χ2v) is 8.28. The number of carbonyl (C=O) groups is 2. The maximum atomic E-state index is 12.9. The number of Topliss-reactive ketones (excluding diaryl/α,β-unsaturated/α-hetero) is 1. The number of halogens is 1. The Hall–Kier alpha value is -2.70. The zero-order valence-corrected chi connectivity index (χ0v) is 22.0. The number of nitrogens with one attached hydrogen (secondary N) is 2. The number of fused-ring (bicyclic) bond motifs is 1. The predicted molar refractivity (Wildman–Crippen MR) is 145 cm³/mol.